The number of hydrogen-bond donors (Lipinski definition) is 0. The predicted molar refractivity (Wildman–Crippen MR) is 91.4 cm³/mol. The summed E-state index contributed by atoms with van der Waals surface area (Å²) in [6.45, 7) is 0. The summed E-state index contributed by atoms with van der Waals surface area (Å²) in [7, 11) is -0.649. The van der Waals surface area contributed by atoms with Crippen LogP contribution in [0.2, 0.25) is 10.0 Å². The zero-order valence-corrected chi connectivity index (χ0v) is 14.1. The van der Waals surface area contributed by atoms with Gasteiger partial charge >= 0.3 is 0 Å². The lowest BCUT2D eigenvalue weighted by atomic mass is 10.3. The number of hydrogen-bond acceptors (Lipinski definition) is 0. The van der Waals surface area contributed by atoms with Crippen molar-refractivity contribution in [2.24, 2.45) is 0 Å². The zero-order chi connectivity index (χ0) is 16.4. The van der Waals surface area contributed by atoms with E-state index < -0.39 is 22.5 Å². The molecule has 0 N–H and O–H groups in total. The second-order valence-electron chi connectivity index (χ2n) is 4.82. The van der Waals surface area contributed by atoms with E-state index in [1.54, 1.807) is 24.3 Å². The molecule has 0 aliphatic heterocycles. The summed E-state index contributed by atoms with van der Waals surface area (Å²) in [5.41, 5.74) is 0. The molecule has 3 aromatic rings. The fraction of sp³-hybridized carbons (Fsp3) is 0. The monoisotopic (exact) mass is 367 g/mol. The first-order chi connectivity index (χ1) is 11.0. The van der Waals surface area contributed by atoms with E-state index in [0.29, 0.717) is 14.9 Å². The molecule has 116 valence electrons. The average molecular weight is 368 g/mol. The van der Waals surface area contributed by atoms with Gasteiger partial charge in [-0.3, -0.25) is 0 Å². The fourth-order valence-corrected chi connectivity index (χ4v) is 4.54. The third-order valence-electron chi connectivity index (χ3n) is 3.17. The summed E-state index contributed by atoms with van der Waals surface area (Å²) in [5.74, 6) is -1.19. The van der Waals surface area contributed by atoms with Gasteiger partial charge in [0.15, 0.2) is 14.7 Å². The summed E-state index contributed by atoms with van der Waals surface area (Å²) in [6, 6.07) is 18.1. The Labute approximate surface area is 146 Å². The van der Waals surface area contributed by atoms with Gasteiger partial charge in [0.1, 0.15) is 11.6 Å². The van der Waals surface area contributed by atoms with Crippen molar-refractivity contribution >= 4 is 34.1 Å². The Balaban J connectivity index is 2.16. The van der Waals surface area contributed by atoms with E-state index in [9.17, 15) is 8.78 Å². The average Bonchev–Trinajstić information content (AvgIpc) is 2.50. The summed E-state index contributed by atoms with van der Waals surface area (Å²) >= 11 is 11.9. The maximum atomic E-state index is 13.7. The van der Waals surface area contributed by atoms with Crippen LogP contribution in [-0.4, -0.2) is 0 Å². The molecule has 0 bridgehead atoms. The van der Waals surface area contributed by atoms with Crippen LogP contribution in [0, 0.1) is 11.6 Å². The minimum absolute atomic E-state index is 0.562. The molecule has 0 aromatic heterocycles. The highest BCUT2D eigenvalue weighted by Crippen LogP contribution is 2.33. The molecule has 5 heteroatoms. The number of benzene rings is 3. The Morgan fingerprint density at radius 1 is 0.565 bits per heavy atom. The van der Waals surface area contributed by atoms with Crippen LogP contribution in [0.5, 0.6) is 0 Å². The van der Waals surface area contributed by atoms with Gasteiger partial charge in [0, 0.05) is 28.2 Å². The van der Waals surface area contributed by atoms with E-state index in [4.69, 9.17) is 23.2 Å². The van der Waals surface area contributed by atoms with Crippen molar-refractivity contribution in [1.29, 1.82) is 0 Å². The highest BCUT2D eigenvalue weighted by atomic mass is 35.5. The van der Waals surface area contributed by atoms with E-state index in [1.807, 2.05) is 24.3 Å². The maximum Gasteiger partial charge on any atom is 0.172 e. The second kappa shape index (κ2) is 6.91. The van der Waals surface area contributed by atoms with Crippen LogP contribution in [0.25, 0.3) is 0 Å². The van der Waals surface area contributed by atoms with E-state index in [0.717, 1.165) is 15.9 Å². The topological polar surface area (TPSA) is 0 Å². The van der Waals surface area contributed by atoms with E-state index >= 15 is 0 Å². The molecule has 0 aliphatic carbocycles. The lowest BCUT2D eigenvalue weighted by Gasteiger charge is -2.08. The smallest absolute Gasteiger partial charge is 0.172 e. The van der Waals surface area contributed by atoms with Gasteiger partial charge < -0.3 is 0 Å². The first-order valence-electron chi connectivity index (χ1n) is 6.74. The molecule has 0 saturated carbocycles. The summed E-state index contributed by atoms with van der Waals surface area (Å²) < 4.78 is 27.3. The summed E-state index contributed by atoms with van der Waals surface area (Å²) in [5, 5.41) is 1.22. The molecule has 0 aliphatic rings. The molecule has 0 amide bonds. The van der Waals surface area contributed by atoms with Crippen LogP contribution < -0.4 is 0 Å². The van der Waals surface area contributed by atoms with Crippen LogP contribution in [0.3, 0.4) is 0 Å². The molecular weight excluding hydrogens is 357 g/mol. The number of halogens is 4. The molecule has 0 unspecified atom stereocenters. The quantitative estimate of drug-likeness (QED) is 0.472. The van der Waals surface area contributed by atoms with E-state index in [1.165, 1.54) is 12.1 Å². The molecule has 0 atom stereocenters. The third-order valence-corrected chi connectivity index (χ3v) is 5.87. The van der Waals surface area contributed by atoms with Gasteiger partial charge in [-0.25, -0.2) is 8.78 Å². The molecule has 23 heavy (non-hydrogen) atoms. The van der Waals surface area contributed by atoms with Crippen LogP contribution in [0.15, 0.2) is 81.4 Å². The van der Waals surface area contributed by atoms with Gasteiger partial charge in [0.25, 0.3) is 0 Å². The lowest BCUT2D eigenvalue weighted by molar-refractivity contribution is 0.577. The van der Waals surface area contributed by atoms with Gasteiger partial charge in [-0.15, -0.1) is 0 Å². The normalized spacial score (nSPS) is 11.0. The van der Waals surface area contributed by atoms with Gasteiger partial charge in [-0.2, -0.15) is 0 Å². The highest BCUT2D eigenvalue weighted by molar-refractivity contribution is 7.97. The van der Waals surface area contributed by atoms with Crippen molar-refractivity contribution in [1.82, 2.24) is 0 Å². The first kappa shape index (κ1) is 16.3. The molecule has 0 spiro atoms. The van der Waals surface area contributed by atoms with Gasteiger partial charge in [0.05, 0.1) is 10.9 Å². The van der Waals surface area contributed by atoms with Crippen molar-refractivity contribution < 1.29 is 8.78 Å². The Kier molecular flexibility index (Phi) is 4.90. The molecule has 0 saturated heterocycles. The van der Waals surface area contributed by atoms with Gasteiger partial charge in [-0.05, 0) is 48.5 Å². The highest BCUT2D eigenvalue weighted by Gasteiger charge is 2.29. The summed E-state index contributed by atoms with van der Waals surface area (Å²) in [6.07, 6.45) is 0. The van der Waals surface area contributed by atoms with Crippen LogP contribution in [-0.2, 0) is 10.9 Å². The molecule has 0 nitrogen and oxygen atoms in total. The second-order valence-corrected chi connectivity index (χ2v) is 7.72. The number of rotatable bonds is 3. The largest absolute Gasteiger partial charge is 0.207 e. The van der Waals surface area contributed by atoms with E-state index in [-0.39, 0.29) is 0 Å². The molecule has 0 radical (unpaired) electrons. The predicted octanol–water partition coefficient (Wildman–Crippen LogP) is 6.37. The van der Waals surface area contributed by atoms with Crippen LogP contribution in [0.1, 0.15) is 0 Å². The molecule has 3 aromatic carbocycles. The van der Waals surface area contributed by atoms with Crippen LogP contribution in [0.4, 0.5) is 8.78 Å². The Morgan fingerprint density at radius 2 is 0.957 bits per heavy atom. The first-order valence-corrected chi connectivity index (χ1v) is 8.72. The zero-order valence-electron chi connectivity index (χ0n) is 11.8. The minimum Gasteiger partial charge on any atom is -0.207 e. The molecule has 3 rings (SSSR count). The van der Waals surface area contributed by atoms with E-state index in [2.05, 4.69) is 0 Å². The maximum absolute atomic E-state index is 13.7. The SMILES string of the molecule is Fc1cc(F)cc([S+](c2ccc(Cl)cc2)c2ccc(Cl)cc2)c1. The van der Waals surface area contributed by atoms with Crippen molar-refractivity contribution in [3.05, 3.63) is 88.4 Å². The molecule has 0 fully saturated rings. The van der Waals surface area contributed by atoms with Crippen LogP contribution >= 0.6 is 23.2 Å². The molecular formula is C18H11Cl2F2S+. The fourth-order valence-electron chi connectivity index (χ4n) is 2.20. The summed E-state index contributed by atoms with van der Waals surface area (Å²) in [4.78, 5) is 2.40. The van der Waals surface area contributed by atoms with Gasteiger partial charge in [-0.1, -0.05) is 23.2 Å². The minimum atomic E-state index is -0.649. The Hall–Kier alpha value is -1.55. The van der Waals surface area contributed by atoms with Crippen molar-refractivity contribution in [3.8, 4) is 0 Å². The van der Waals surface area contributed by atoms with Crippen molar-refractivity contribution in [2.45, 2.75) is 14.7 Å². The lowest BCUT2D eigenvalue weighted by Crippen LogP contribution is -2.05. The van der Waals surface area contributed by atoms with Gasteiger partial charge in [0.2, 0.25) is 0 Å². The Morgan fingerprint density at radius 3 is 1.35 bits per heavy atom. The van der Waals surface area contributed by atoms with Crippen molar-refractivity contribution in [3.63, 3.8) is 0 Å². The molecule has 0 heterocycles. The standard InChI is InChI=1S/C18H11Cl2F2S/c19-12-1-5-16(6-2-12)23(17-7-3-13(20)4-8-17)18-10-14(21)9-15(22)11-18/h1-11H/q+1. The van der Waals surface area contributed by atoms with Crippen molar-refractivity contribution in [2.75, 3.05) is 0 Å². The Bertz CT molecular complexity index is 752. The third kappa shape index (κ3) is 3.86.